The first-order valence-electron chi connectivity index (χ1n) is 8.26. The molecule has 0 saturated carbocycles. The lowest BCUT2D eigenvalue weighted by Crippen LogP contribution is -2.46. The second-order valence-electron chi connectivity index (χ2n) is 7.09. The molecule has 1 aromatic carbocycles. The van der Waals surface area contributed by atoms with Crippen LogP contribution in [0.5, 0.6) is 0 Å². The Morgan fingerprint density at radius 2 is 1.58 bits per heavy atom. The minimum atomic E-state index is -0.197. The molecule has 0 unspecified atom stereocenters. The van der Waals surface area contributed by atoms with Crippen LogP contribution in [0.15, 0.2) is 36.7 Å². The van der Waals surface area contributed by atoms with Gasteiger partial charge in [-0.3, -0.25) is 0 Å². The van der Waals surface area contributed by atoms with Crippen molar-refractivity contribution in [2.75, 3.05) is 41.3 Å². The topological polar surface area (TPSA) is 44.3 Å². The molecule has 0 spiro atoms. The Balaban J connectivity index is 1.64. The molecule has 2 aromatic rings. The van der Waals surface area contributed by atoms with E-state index in [0.717, 1.165) is 43.5 Å². The van der Waals surface area contributed by atoms with Crippen LogP contribution in [0.25, 0.3) is 0 Å². The molecule has 1 aliphatic rings. The number of nitrogens with zero attached hydrogens (tertiary/aromatic N) is 4. The Hall–Kier alpha value is -2.37. The molecule has 1 saturated heterocycles. The van der Waals surface area contributed by atoms with Gasteiger partial charge in [0.1, 0.15) is 23.8 Å². The second kappa shape index (κ2) is 6.63. The summed E-state index contributed by atoms with van der Waals surface area (Å²) in [7, 11) is 0. The van der Waals surface area contributed by atoms with Gasteiger partial charge >= 0.3 is 0 Å². The number of benzene rings is 1. The van der Waals surface area contributed by atoms with Crippen LogP contribution in [0.4, 0.5) is 21.7 Å². The first-order chi connectivity index (χ1) is 11.4. The van der Waals surface area contributed by atoms with Crippen molar-refractivity contribution in [2.45, 2.75) is 26.3 Å². The Bertz CT molecular complexity index is 673. The van der Waals surface area contributed by atoms with Gasteiger partial charge in [-0.1, -0.05) is 0 Å². The van der Waals surface area contributed by atoms with Crippen molar-refractivity contribution in [3.63, 3.8) is 0 Å². The lowest BCUT2D eigenvalue weighted by atomic mass is 10.1. The van der Waals surface area contributed by atoms with Crippen LogP contribution in [0.1, 0.15) is 20.8 Å². The van der Waals surface area contributed by atoms with Gasteiger partial charge in [0.2, 0.25) is 0 Å². The van der Waals surface area contributed by atoms with Crippen LogP contribution in [0.2, 0.25) is 0 Å². The molecule has 0 amide bonds. The third kappa shape index (κ3) is 4.13. The number of aromatic nitrogens is 2. The molecule has 24 heavy (non-hydrogen) atoms. The maximum absolute atomic E-state index is 13.0. The van der Waals surface area contributed by atoms with Crippen LogP contribution < -0.4 is 15.1 Å². The van der Waals surface area contributed by atoms with E-state index in [4.69, 9.17) is 0 Å². The van der Waals surface area contributed by atoms with E-state index in [0.29, 0.717) is 0 Å². The zero-order valence-corrected chi connectivity index (χ0v) is 14.5. The molecule has 1 aromatic heterocycles. The number of piperazine rings is 1. The van der Waals surface area contributed by atoms with E-state index in [2.05, 4.69) is 45.9 Å². The van der Waals surface area contributed by atoms with E-state index < -0.39 is 0 Å². The van der Waals surface area contributed by atoms with Gasteiger partial charge in [-0.25, -0.2) is 14.4 Å². The molecule has 3 rings (SSSR count). The summed E-state index contributed by atoms with van der Waals surface area (Å²) in [6, 6.07) is 8.69. The molecule has 1 N–H and O–H groups in total. The summed E-state index contributed by atoms with van der Waals surface area (Å²) in [5.41, 5.74) is 1.03. The monoisotopic (exact) mass is 329 g/mol. The molecule has 0 atom stereocenters. The fourth-order valence-electron chi connectivity index (χ4n) is 2.82. The Morgan fingerprint density at radius 1 is 0.958 bits per heavy atom. The maximum Gasteiger partial charge on any atom is 0.134 e. The van der Waals surface area contributed by atoms with Gasteiger partial charge in [-0.05, 0) is 45.0 Å². The quantitative estimate of drug-likeness (QED) is 0.937. The molecule has 0 aliphatic carbocycles. The highest BCUT2D eigenvalue weighted by Crippen LogP contribution is 2.21. The second-order valence-corrected chi connectivity index (χ2v) is 7.09. The Labute approximate surface area is 142 Å². The molecule has 128 valence electrons. The molecule has 1 aliphatic heterocycles. The van der Waals surface area contributed by atoms with Gasteiger partial charge in [-0.15, -0.1) is 0 Å². The number of hydrogen-bond acceptors (Lipinski definition) is 5. The maximum atomic E-state index is 13.0. The van der Waals surface area contributed by atoms with E-state index in [-0.39, 0.29) is 11.4 Å². The van der Waals surface area contributed by atoms with Crippen molar-refractivity contribution in [3.05, 3.63) is 42.5 Å². The largest absolute Gasteiger partial charge is 0.368 e. The normalized spacial score (nSPS) is 15.5. The molecule has 1 fully saturated rings. The molecule has 5 nitrogen and oxygen atoms in total. The lowest BCUT2D eigenvalue weighted by Gasteiger charge is -2.36. The predicted molar refractivity (Wildman–Crippen MR) is 96.2 cm³/mol. The summed E-state index contributed by atoms with van der Waals surface area (Å²) < 4.78 is 13.0. The average Bonchev–Trinajstić information content (AvgIpc) is 2.54. The SMILES string of the molecule is CC(C)(C)Nc1cc(N2CCN(c3ccc(F)cc3)CC2)ncn1. The fraction of sp³-hybridized carbons (Fsp3) is 0.444. The van der Waals surface area contributed by atoms with Crippen molar-refractivity contribution < 1.29 is 4.39 Å². The number of halogens is 1. The smallest absolute Gasteiger partial charge is 0.134 e. The van der Waals surface area contributed by atoms with E-state index in [1.165, 1.54) is 12.1 Å². The predicted octanol–water partition coefficient (Wildman–Crippen LogP) is 3.15. The number of anilines is 3. The fourth-order valence-corrected chi connectivity index (χ4v) is 2.82. The third-order valence-corrected chi connectivity index (χ3v) is 3.95. The van der Waals surface area contributed by atoms with E-state index in [9.17, 15) is 4.39 Å². The standard InChI is InChI=1S/C18H24FN5/c1-18(2,3)22-16-12-17(21-13-20-16)24-10-8-23(9-11-24)15-6-4-14(19)5-7-15/h4-7,12-13H,8-11H2,1-3H3,(H,20,21,22). The molecular formula is C18H24FN5. The summed E-state index contributed by atoms with van der Waals surface area (Å²) in [4.78, 5) is 13.2. The van der Waals surface area contributed by atoms with Crippen molar-refractivity contribution in [1.29, 1.82) is 0 Å². The number of rotatable bonds is 3. The summed E-state index contributed by atoms with van der Waals surface area (Å²) in [5, 5.41) is 3.38. The van der Waals surface area contributed by atoms with Crippen LogP contribution >= 0.6 is 0 Å². The molecule has 2 heterocycles. The summed E-state index contributed by atoms with van der Waals surface area (Å²) >= 11 is 0. The highest BCUT2D eigenvalue weighted by molar-refractivity contribution is 5.52. The van der Waals surface area contributed by atoms with Crippen LogP contribution in [-0.4, -0.2) is 41.7 Å². The van der Waals surface area contributed by atoms with Crippen molar-refractivity contribution in [2.24, 2.45) is 0 Å². The van der Waals surface area contributed by atoms with Gasteiger partial charge in [0.05, 0.1) is 0 Å². The van der Waals surface area contributed by atoms with Gasteiger partial charge in [-0.2, -0.15) is 0 Å². The molecule has 6 heteroatoms. The molecule has 0 bridgehead atoms. The average molecular weight is 329 g/mol. The highest BCUT2D eigenvalue weighted by Gasteiger charge is 2.19. The van der Waals surface area contributed by atoms with E-state index in [1.807, 2.05) is 18.2 Å². The van der Waals surface area contributed by atoms with Gasteiger partial charge in [0, 0.05) is 43.5 Å². The zero-order valence-electron chi connectivity index (χ0n) is 14.5. The minimum Gasteiger partial charge on any atom is -0.368 e. The first-order valence-corrected chi connectivity index (χ1v) is 8.26. The summed E-state index contributed by atoms with van der Waals surface area (Å²) in [6.07, 6.45) is 1.61. The van der Waals surface area contributed by atoms with Crippen LogP contribution in [0, 0.1) is 5.82 Å². The summed E-state index contributed by atoms with van der Waals surface area (Å²) in [6.45, 7) is 9.85. The van der Waals surface area contributed by atoms with Crippen LogP contribution in [0.3, 0.4) is 0 Å². The third-order valence-electron chi connectivity index (χ3n) is 3.95. The molecular weight excluding hydrogens is 305 g/mol. The highest BCUT2D eigenvalue weighted by atomic mass is 19.1. The zero-order chi connectivity index (χ0) is 17.2. The van der Waals surface area contributed by atoms with Gasteiger partial charge < -0.3 is 15.1 Å². The number of hydrogen-bond donors (Lipinski definition) is 1. The summed E-state index contributed by atoms with van der Waals surface area (Å²) in [5.74, 6) is 1.58. The first kappa shape index (κ1) is 16.5. The minimum absolute atomic E-state index is 0.0348. The number of nitrogens with one attached hydrogen (secondary N) is 1. The Kier molecular flexibility index (Phi) is 4.55. The van der Waals surface area contributed by atoms with Crippen molar-refractivity contribution in [3.8, 4) is 0 Å². The van der Waals surface area contributed by atoms with Crippen molar-refractivity contribution >= 4 is 17.3 Å². The van der Waals surface area contributed by atoms with Gasteiger partial charge in [0.15, 0.2) is 0 Å². The van der Waals surface area contributed by atoms with Crippen molar-refractivity contribution in [1.82, 2.24) is 9.97 Å². The van der Waals surface area contributed by atoms with Gasteiger partial charge in [0.25, 0.3) is 0 Å². The lowest BCUT2D eigenvalue weighted by molar-refractivity contribution is 0.623. The van der Waals surface area contributed by atoms with Crippen LogP contribution in [-0.2, 0) is 0 Å². The Morgan fingerprint density at radius 3 is 2.21 bits per heavy atom. The van der Waals surface area contributed by atoms with E-state index >= 15 is 0 Å². The molecule has 0 radical (unpaired) electrons. The van der Waals surface area contributed by atoms with E-state index in [1.54, 1.807) is 6.33 Å².